The number of aryl methyl sites for hydroxylation is 1. The van der Waals surface area contributed by atoms with Crippen molar-refractivity contribution in [3.63, 3.8) is 0 Å². The molecule has 0 amide bonds. The van der Waals surface area contributed by atoms with Gasteiger partial charge in [0.05, 0.1) is 14.6 Å². The zero-order chi connectivity index (χ0) is 14.3. The molecule has 0 spiro atoms. The van der Waals surface area contributed by atoms with Gasteiger partial charge in [0, 0.05) is 11.8 Å². The Morgan fingerprint density at radius 1 is 1.25 bits per heavy atom. The largest absolute Gasteiger partial charge is 0.369 e. The zero-order valence-electron chi connectivity index (χ0n) is 10.9. The number of hydrogen-bond donors (Lipinski definition) is 1. The number of anilines is 1. The molecule has 0 aliphatic rings. The molecule has 0 fully saturated rings. The van der Waals surface area contributed by atoms with Gasteiger partial charge in [-0.3, -0.25) is 4.57 Å². The van der Waals surface area contributed by atoms with Crippen LogP contribution in [-0.4, -0.2) is 9.55 Å². The molecule has 0 radical (unpaired) electrons. The Labute approximate surface area is 129 Å². The summed E-state index contributed by atoms with van der Waals surface area (Å²) in [7, 11) is 0. The number of fused-ring (bicyclic) bond motifs is 1. The van der Waals surface area contributed by atoms with Crippen LogP contribution < -0.4 is 5.73 Å². The molecule has 0 unspecified atom stereocenters. The highest BCUT2D eigenvalue weighted by Gasteiger charge is 2.12. The number of aromatic nitrogens is 2. The fraction of sp³-hybridized carbons (Fsp3) is 0.133. The van der Waals surface area contributed by atoms with Crippen molar-refractivity contribution in [2.75, 3.05) is 5.73 Å². The van der Waals surface area contributed by atoms with Crippen LogP contribution in [0.1, 0.15) is 12.5 Å². The first-order valence-corrected chi connectivity index (χ1v) is 7.40. The average molecular weight is 381 g/mol. The number of halogens is 2. The standard InChI is InChI=1S/C15H13FIN3/c1-2-9-3-5-10(6-4-9)20-14-7-11(16)12(17)8-13(14)19-15(20)18/h3-8H,2H2,1H3,(H2,18,19). The number of benzene rings is 2. The SMILES string of the molecule is CCc1ccc(-n2c(N)nc3cc(I)c(F)cc32)cc1. The maximum atomic E-state index is 13.8. The molecule has 2 aromatic carbocycles. The van der Waals surface area contributed by atoms with E-state index in [4.69, 9.17) is 5.73 Å². The first kappa shape index (κ1) is 13.4. The van der Waals surface area contributed by atoms with Gasteiger partial charge in [-0.25, -0.2) is 9.37 Å². The van der Waals surface area contributed by atoms with E-state index >= 15 is 0 Å². The lowest BCUT2D eigenvalue weighted by molar-refractivity contribution is 0.622. The predicted octanol–water partition coefficient (Wildman–Crippen LogP) is 3.91. The Morgan fingerprint density at radius 3 is 2.60 bits per heavy atom. The smallest absolute Gasteiger partial charge is 0.205 e. The Bertz CT molecular complexity index is 778. The fourth-order valence-electron chi connectivity index (χ4n) is 2.24. The van der Waals surface area contributed by atoms with Gasteiger partial charge in [0.15, 0.2) is 0 Å². The summed E-state index contributed by atoms with van der Waals surface area (Å²) in [6.07, 6.45) is 0.979. The minimum Gasteiger partial charge on any atom is -0.369 e. The van der Waals surface area contributed by atoms with E-state index in [0.29, 0.717) is 20.6 Å². The molecule has 0 saturated carbocycles. The number of nitrogens with zero attached hydrogens (tertiary/aromatic N) is 2. The molecule has 0 saturated heterocycles. The molecule has 3 rings (SSSR count). The molecule has 20 heavy (non-hydrogen) atoms. The van der Waals surface area contributed by atoms with Gasteiger partial charge in [-0.05, 0) is 52.8 Å². The maximum Gasteiger partial charge on any atom is 0.205 e. The minimum atomic E-state index is -0.260. The topological polar surface area (TPSA) is 43.8 Å². The lowest BCUT2D eigenvalue weighted by Crippen LogP contribution is -2.00. The van der Waals surface area contributed by atoms with Crippen LogP contribution in [0.25, 0.3) is 16.7 Å². The summed E-state index contributed by atoms with van der Waals surface area (Å²) in [5.41, 5.74) is 9.51. The van der Waals surface area contributed by atoms with E-state index in [1.807, 2.05) is 46.9 Å². The number of nitrogens with two attached hydrogens (primary N) is 1. The summed E-state index contributed by atoms with van der Waals surface area (Å²) in [6, 6.07) is 11.2. The Morgan fingerprint density at radius 2 is 1.95 bits per heavy atom. The van der Waals surface area contributed by atoms with Crippen molar-refractivity contribution in [2.45, 2.75) is 13.3 Å². The highest BCUT2D eigenvalue weighted by Crippen LogP contribution is 2.26. The van der Waals surface area contributed by atoms with Crippen LogP contribution >= 0.6 is 22.6 Å². The van der Waals surface area contributed by atoms with Crippen molar-refractivity contribution in [1.29, 1.82) is 0 Å². The van der Waals surface area contributed by atoms with E-state index in [1.165, 1.54) is 11.6 Å². The first-order valence-electron chi connectivity index (χ1n) is 6.32. The van der Waals surface area contributed by atoms with Crippen molar-refractivity contribution in [1.82, 2.24) is 9.55 Å². The molecular formula is C15H13FIN3. The second kappa shape index (κ2) is 5.05. The van der Waals surface area contributed by atoms with Gasteiger partial charge in [0.25, 0.3) is 0 Å². The van der Waals surface area contributed by atoms with E-state index in [9.17, 15) is 4.39 Å². The van der Waals surface area contributed by atoms with Gasteiger partial charge < -0.3 is 5.73 Å². The molecule has 102 valence electrons. The van der Waals surface area contributed by atoms with Gasteiger partial charge in [-0.15, -0.1) is 0 Å². The summed E-state index contributed by atoms with van der Waals surface area (Å²) in [4.78, 5) is 4.30. The second-order valence-corrected chi connectivity index (χ2v) is 5.74. The van der Waals surface area contributed by atoms with Gasteiger partial charge in [-0.2, -0.15) is 0 Å². The van der Waals surface area contributed by atoms with Gasteiger partial charge >= 0.3 is 0 Å². The summed E-state index contributed by atoms with van der Waals surface area (Å²) in [5, 5.41) is 0. The molecule has 5 heteroatoms. The van der Waals surface area contributed by atoms with Crippen molar-refractivity contribution in [2.24, 2.45) is 0 Å². The van der Waals surface area contributed by atoms with E-state index < -0.39 is 0 Å². The number of rotatable bonds is 2. The normalized spacial score (nSPS) is 11.2. The van der Waals surface area contributed by atoms with Crippen molar-refractivity contribution in [3.8, 4) is 5.69 Å². The average Bonchev–Trinajstić information content (AvgIpc) is 2.75. The summed E-state index contributed by atoms with van der Waals surface area (Å²) in [5.74, 6) is 0.107. The molecule has 1 aromatic heterocycles. The molecule has 2 N–H and O–H groups in total. The molecule has 0 aliphatic heterocycles. The summed E-state index contributed by atoms with van der Waals surface area (Å²) >= 11 is 1.95. The third kappa shape index (κ3) is 2.15. The third-order valence-electron chi connectivity index (χ3n) is 3.33. The number of hydrogen-bond acceptors (Lipinski definition) is 2. The van der Waals surface area contributed by atoms with E-state index in [0.717, 1.165) is 12.1 Å². The summed E-state index contributed by atoms with van der Waals surface area (Å²) < 4.78 is 16.1. The molecule has 3 aromatic rings. The zero-order valence-corrected chi connectivity index (χ0v) is 13.1. The predicted molar refractivity (Wildman–Crippen MR) is 87.5 cm³/mol. The number of nitrogen functional groups attached to an aromatic ring is 1. The van der Waals surface area contributed by atoms with Crippen molar-refractivity contribution >= 4 is 39.6 Å². The molecular weight excluding hydrogens is 368 g/mol. The summed E-state index contributed by atoms with van der Waals surface area (Å²) in [6.45, 7) is 2.10. The second-order valence-electron chi connectivity index (χ2n) is 4.58. The Balaban J connectivity index is 2.23. The van der Waals surface area contributed by atoms with Gasteiger partial charge in [-0.1, -0.05) is 19.1 Å². The first-order chi connectivity index (χ1) is 9.60. The van der Waals surface area contributed by atoms with Gasteiger partial charge in [0.2, 0.25) is 5.95 Å². The Kier molecular flexibility index (Phi) is 3.37. The van der Waals surface area contributed by atoms with Crippen LogP contribution in [0.2, 0.25) is 0 Å². The van der Waals surface area contributed by atoms with Crippen LogP contribution in [0.5, 0.6) is 0 Å². The van der Waals surface area contributed by atoms with Crippen LogP contribution in [0, 0.1) is 9.39 Å². The lowest BCUT2D eigenvalue weighted by Gasteiger charge is -2.07. The van der Waals surface area contributed by atoms with E-state index in [2.05, 4.69) is 11.9 Å². The van der Waals surface area contributed by atoms with E-state index in [1.54, 1.807) is 10.6 Å². The highest BCUT2D eigenvalue weighted by molar-refractivity contribution is 14.1. The van der Waals surface area contributed by atoms with Gasteiger partial charge in [0.1, 0.15) is 5.82 Å². The molecule has 3 nitrogen and oxygen atoms in total. The highest BCUT2D eigenvalue weighted by atomic mass is 127. The minimum absolute atomic E-state index is 0.260. The monoisotopic (exact) mass is 381 g/mol. The third-order valence-corrected chi connectivity index (χ3v) is 4.15. The van der Waals surface area contributed by atoms with Crippen LogP contribution in [-0.2, 0) is 6.42 Å². The van der Waals surface area contributed by atoms with Crippen LogP contribution in [0.3, 0.4) is 0 Å². The quantitative estimate of drug-likeness (QED) is 0.684. The van der Waals surface area contributed by atoms with E-state index in [-0.39, 0.29) is 5.82 Å². The molecule has 0 bridgehead atoms. The molecule has 0 atom stereocenters. The fourth-order valence-corrected chi connectivity index (χ4v) is 2.69. The number of imidazole rings is 1. The van der Waals surface area contributed by atoms with Crippen molar-refractivity contribution in [3.05, 3.63) is 51.3 Å². The maximum absolute atomic E-state index is 13.8. The Hall–Kier alpha value is -1.63. The van der Waals surface area contributed by atoms with Crippen molar-refractivity contribution < 1.29 is 4.39 Å². The van der Waals surface area contributed by atoms with Crippen LogP contribution in [0.4, 0.5) is 10.3 Å². The molecule has 0 aliphatic carbocycles. The van der Waals surface area contributed by atoms with Crippen LogP contribution in [0.15, 0.2) is 36.4 Å². The molecule has 1 heterocycles. The lowest BCUT2D eigenvalue weighted by atomic mass is 10.1.